The number of urea groups is 1. The lowest BCUT2D eigenvalue weighted by Gasteiger charge is -2.30. The summed E-state index contributed by atoms with van der Waals surface area (Å²) in [5.41, 5.74) is -0.785. The molecule has 1 saturated carbocycles. The summed E-state index contributed by atoms with van der Waals surface area (Å²) in [5.74, 6) is -0.218. The van der Waals surface area contributed by atoms with Crippen molar-refractivity contribution in [1.82, 2.24) is 10.2 Å². The maximum Gasteiger partial charge on any atom is 0.325 e. The predicted octanol–water partition coefficient (Wildman–Crippen LogP) is 1.82. The second kappa shape index (κ2) is 6.76. The molecule has 1 aliphatic heterocycles. The van der Waals surface area contributed by atoms with Crippen molar-refractivity contribution < 1.29 is 23.8 Å². The summed E-state index contributed by atoms with van der Waals surface area (Å²) in [6.45, 7) is -0.205. The molecule has 1 atom stereocenters. The van der Waals surface area contributed by atoms with Gasteiger partial charge in [0.25, 0.3) is 5.91 Å². The zero-order valence-corrected chi connectivity index (χ0v) is 13.3. The summed E-state index contributed by atoms with van der Waals surface area (Å²) >= 11 is 0. The first-order valence-electron chi connectivity index (χ1n) is 8.21. The van der Waals surface area contributed by atoms with E-state index in [9.17, 15) is 19.1 Å². The van der Waals surface area contributed by atoms with E-state index in [0.29, 0.717) is 18.6 Å². The largest absolute Gasteiger partial charge is 0.491 e. The molecule has 2 fully saturated rings. The molecular weight excluding hydrogens is 315 g/mol. The number of aliphatic hydroxyl groups is 1. The number of ether oxygens (including phenoxy) is 1. The molecule has 0 radical (unpaired) electrons. The molecule has 1 spiro atoms. The van der Waals surface area contributed by atoms with Crippen molar-refractivity contribution in [2.24, 2.45) is 0 Å². The molecule has 1 heterocycles. The summed E-state index contributed by atoms with van der Waals surface area (Å²) in [6, 6.07) is 4.96. The number of amides is 3. The zero-order chi connectivity index (χ0) is 17.2. The Labute approximate surface area is 139 Å². The Hall–Kier alpha value is -2.15. The summed E-state index contributed by atoms with van der Waals surface area (Å²) in [5, 5.41) is 12.9. The summed E-state index contributed by atoms with van der Waals surface area (Å²) in [6.07, 6.45) is 3.18. The number of halogens is 1. The minimum atomic E-state index is -1.01. The Morgan fingerprint density at radius 3 is 2.54 bits per heavy atom. The highest BCUT2D eigenvalue weighted by Gasteiger charge is 2.51. The Morgan fingerprint density at radius 1 is 1.21 bits per heavy atom. The highest BCUT2D eigenvalue weighted by atomic mass is 19.1. The van der Waals surface area contributed by atoms with Gasteiger partial charge in [0.2, 0.25) is 0 Å². The van der Waals surface area contributed by atoms with Gasteiger partial charge in [-0.15, -0.1) is 0 Å². The van der Waals surface area contributed by atoms with E-state index < -0.39 is 17.7 Å². The number of rotatable bonds is 5. The molecule has 2 N–H and O–H groups in total. The fraction of sp³-hybridized carbons (Fsp3) is 0.529. The number of benzene rings is 1. The van der Waals surface area contributed by atoms with E-state index in [2.05, 4.69) is 5.32 Å². The predicted molar refractivity (Wildman–Crippen MR) is 84.0 cm³/mol. The number of nitrogens with one attached hydrogen (secondary N) is 1. The van der Waals surface area contributed by atoms with Gasteiger partial charge in [-0.25, -0.2) is 9.18 Å². The number of carbonyl (C=O) groups is 2. The van der Waals surface area contributed by atoms with Crippen LogP contribution in [0.4, 0.5) is 9.18 Å². The number of imide groups is 1. The maximum absolute atomic E-state index is 12.8. The van der Waals surface area contributed by atoms with Gasteiger partial charge in [-0.1, -0.05) is 19.3 Å². The first-order valence-corrected chi connectivity index (χ1v) is 8.21. The van der Waals surface area contributed by atoms with Crippen LogP contribution in [-0.2, 0) is 4.79 Å². The number of aliphatic hydroxyl groups excluding tert-OH is 1. The SMILES string of the molecule is O=C1NC2(CCCCC2)C(=O)N1C[C@H](O)COc1ccc(F)cc1. The van der Waals surface area contributed by atoms with Gasteiger partial charge in [0, 0.05) is 0 Å². The highest BCUT2D eigenvalue weighted by Crippen LogP contribution is 2.33. The average molecular weight is 336 g/mol. The minimum Gasteiger partial charge on any atom is -0.491 e. The quantitative estimate of drug-likeness (QED) is 0.804. The molecule has 7 heteroatoms. The normalized spacial score (nSPS) is 21.0. The Balaban J connectivity index is 1.55. The Kier molecular flexibility index (Phi) is 4.71. The van der Waals surface area contributed by atoms with E-state index in [1.54, 1.807) is 0 Å². The smallest absolute Gasteiger partial charge is 0.325 e. The van der Waals surface area contributed by atoms with Crippen molar-refractivity contribution in [2.45, 2.75) is 43.7 Å². The molecular formula is C17H21FN2O4. The van der Waals surface area contributed by atoms with Gasteiger partial charge in [-0.3, -0.25) is 9.69 Å². The van der Waals surface area contributed by atoms with Gasteiger partial charge in [0.1, 0.15) is 29.8 Å². The summed E-state index contributed by atoms with van der Waals surface area (Å²) < 4.78 is 18.2. The van der Waals surface area contributed by atoms with Crippen molar-refractivity contribution in [1.29, 1.82) is 0 Å². The van der Waals surface area contributed by atoms with E-state index in [1.165, 1.54) is 24.3 Å². The summed E-state index contributed by atoms with van der Waals surface area (Å²) in [4.78, 5) is 25.8. The molecule has 130 valence electrons. The molecule has 1 saturated heterocycles. The second-order valence-electron chi connectivity index (χ2n) is 6.41. The zero-order valence-electron chi connectivity index (χ0n) is 13.3. The van der Waals surface area contributed by atoms with Gasteiger partial charge in [0.15, 0.2) is 0 Å². The van der Waals surface area contributed by atoms with Crippen LogP contribution < -0.4 is 10.1 Å². The standard InChI is InChI=1S/C17H21FN2O4/c18-12-4-6-14(7-5-12)24-11-13(21)10-20-15(22)17(19-16(20)23)8-2-1-3-9-17/h4-7,13,21H,1-3,8-11H2,(H,19,23)/t13-/m0/s1. The number of hydrogen-bond donors (Lipinski definition) is 2. The molecule has 1 aliphatic carbocycles. The average Bonchev–Trinajstić information content (AvgIpc) is 2.79. The van der Waals surface area contributed by atoms with Crippen molar-refractivity contribution in [3.63, 3.8) is 0 Å². The third-order valence-corrected chi connectivity index (χ3v) is 4.60. The van der Waals surface area contributed by atoms with E-state index in [4.69, 9.17) is 4.74 Å². The van der Waals surface area contributed by atoms with Crippen LogP contribution in [0.2, 0.25) is 0 Å². The van der Waals surface area contributed by atoms with Crippen molar-refractivity contribution in [3.8, 4) is 5.75 Å². The van der Waals surface area contributed by atoms with Crippen molar-refractivity contribution >= 4 is 11.9 Å². The van der Waals surface area contributed by atoms with Crippen molar-refractivity contribution in [2.75, 3.05) is 13.2 Å². The van der Waals surface area contributed by atoms with Crippen LogP contribution in [0.25, 0.3) is 0 Å². The number of β-amino-alcohol motifs (C(OH)–C–C–N with tert-alkyl or cyclic N) is 1. The van der Waals surface area contributed by atoms with Gasteiger partial charge in [0.05, 0.1) is 6.54 Å². The molecule has 6 nitrogen and oxygen atoms in total. The van der Waals surface area contributed by atoms with Crippen LogP contribution in [0, 0.1) is 5.82 Å². The molecule has 3 amide bonds. The molecule has 0 bridgehead atoms. The van der Waals surface area contributed by atoms with Gasteiger partial charge >= 0.3 is 6.03 Å². The van der Waals surface area contributed by atoms with E-state index in [0.717, 1.165) is 24.2 Å². The fourth-order valence-corrected chi connectivity index (χ4v) is 3.32. The Bertz CT molecular complexity index is 614. The molecule has 1 aromatic carbocycles. The van der Waals surface area contributed by atoms with E-state index in [-0.39, 0.29) is 24.9 Å². The topological polar surface area (TPSA) is 78.9 Å². The van der Waals surface area contributed by atoms with Crippen LogP contribution in [-0.4, -0.2) is 46.7 Å². The van der Waals surface area contributed by atoms with Crippen LogP contribution in [0.5, 0.6) is 5.75 Å². The fourth-order valence-electron chi connectivity index (χ4n) is 3.32. The lowest BCUT2D eigenvalue weighted by molar-refractivity contribution is -0.133. The van der Waals surface area contributed by atoms with E-state index in [1.807, 2.05) is 0 Å². The first-order chi connectivity index (χ1) is 11.5. The van der Waals surface area contributed by atoms with Crippen LogP contribution in [0.15, 0.2) is 24.3 Å². The van der Waals surface area contributed by atoms with Gasteiger partial charge in [-0.05, 0) is 37.1 Å². The molecule has 0 aromatic heterocycles. The van der Waals surface area contributed by atoms with Crippen molar-refractivity contribution in [3.05, 3.63) is 30.1 Å². The van der Waals surface area contributed by atoms with Gasteiger partial charge in [-0.2, -0.15) is 0 Å². The van der Waals surface area contributed by atoms with Crippen LogP contribution >= 0.6 is 0 Å². The van der Waals surface area contributed by atoms with Gasteiger partial charge < -0.3 is 15.2 Å². The lowest BCUT2D eigenvalue weighted by atomic mass is 9.82. The Morgan fingerprint density at radius 2 is 1.88 bits per heavy atom. The molecule has 1 aromatic rings. The third kappa shape index (κ3) is 3.36. The maximum atomic E-state index is 12.8. The number of carbonyl (C=O) groups excluding carboxylic acids is 2. The van der Waals surface area contributed by atoms with Crippen LogP contribution in [0.3, 0.4) is 0 Å². The number of nitrogens with zero attached hydrogens (tertiary/aromatic N) is 1. The molecule has 24 heavy (non-hydrogen) atoms. The molecule has 0 unspecified atom stereocenters. The minimum absolute atomic E-state index is 0.0876. The lowest BCUT2D eigenvalue weighted by Crippen LogP contribution is -2.48. The third-order valence-electron chi connectivity index (χ3n) is 4.60. The highest BCUT2D eigenvalue weighted by molar-refractivity contribution is 6.07. The molecule has 2 aliphatic rings. The molecule has 3 rings (SSSR count). The summed E-state index contributed by atoms with van der Waals surface area (Å²) in [7, 11) is 0. The first kappa shape index (κ1) is 16.7. The second-order valence-corrected chi connectivity index (χ2v) is 6.41. The van der Waals surface area contributed by atoms with Crippen LogP contribution in [0.1, 0.15) is 32.1 Å². The monoisotopic (exact) mass is 336 g/mol. The number of hydrogen-bond acceptors (Lipinski definition) is 4. The van der Waals surface area contributed by atoms with E-state index >= 15 is 0 Å².